The number of nitrogens with one attached hydrogen (secondary N) is 1. The van der Waals surface area contributed by atoms with Crippen molar-refractivity contribution in [1.82, 2.24) is 25.5 Å². The SMILES string of the molecule is CCNC(COCC(F)(F)F)Cc1nnn(C)n1. The lowest BCUT2D eigenvalue weighted by Gasteiger charge is -2.16. The standard InChI is InChI=1S/C9H16F3N5O/c1-3-13-7(5-18-6-9(10,11)12)4-8-14-16-17(2)15-8/h7,13H,3-6H2,1-2H3. The largest absolute Gasteiger partial charge is 0.411 e. The highest BCUT2D eigenvalue weighted by Gasteiger charge is 2.28. The quantitative estimate of drug-likeness (QED) is 0.770. The molecule has 0 amide bonds. The first-order valence-corrected chi connectivity index (χ1v) is 5.51. The average Bonchev–Trinajstić information content (AvgIpc) is 2.62. The number of ether oxygens (including phenoxy) is 1. The van der Waals surface area contributed by atoms with E-state index in [-0.39, 0.29) is 12.6 Å². The number of hydrogen-bond donors (Lipinski definition) is 1. The molecular weight excluding hydrogens is 251 g/mol. The van der Waals surface area contributed by atoms with Gasteiger partial charge in [-0.3, -0.25) is 0 Å². The summed E-state index contributed by atoms with van der Waals surface area (Å²) in [6.45, 7) is 1.19. The molecule has 0 aromatic carbocycles. The lowest BCUT2D eigenvalue weighted by atomic mass is 10.2. The first-order valence-electron chi connectivity index (χ1n) is 5.51. The number of nitrogens with zero attached hydrogens (tertiary/aromatic N) is 4. The van der Waals surface area contributed by atoms with E-state index in [9.17, 15) is 13.2 Å². The van der Waals surface area contributed by atoms with Gasteiger partial charge in [-0.2, -0.15) is 18.0 Å². The second kappa shape index (κ2) is 6.64. The van der Waals surface area contributed by atoms with Crippen molar-refractivity contribution in [3.63, 3.8) is 0 Å². The number of rotatable bonds is 7. The Hall–Kier alpha value is -1.22. The van der Waals surface area contributed by atoms with Crippen molar-refractivity contribution in [2.75, 3.05) is 19.8 Å². The Morgan fingerprint density at radius 2 is 2.17 bits per heavy atom. The van der Waals surface area contributed by atoms with Crippen LogP contribution >= 0.6 is 0 Å². The number of hydrogen-bond acceptors (Lipinski definition) is 5. The summed E-state index contributed by atoms with van der Waals surface area (Å²) >= 11 is 0. The fourth-order valence-corrected chi connectivity index (χ4v) is 1.42. The van der Waals surface area contributed by atoms with Crippen LogP contribution in [-0.2, 0) is 18.2 Å². The van der Waals surface area contributed by atoms with Crippen molar-refractivity contribution in [2.45, 2.75) is 25.6 Å². The number of halogens is 3. The van der Waals surface area contributed by atoms with Crippen LogP contribution in [0.15, 0.2) is 0 Å². The van der Waals surface area contributed by atoms with Gasteiger partial charge in [0, 0.05) is 12.5 Å². The average molecular weight is 267 g/mol. The van der Waals surface area contributed by atoms with Gasteiger partial charge in [0.05, 0.1) is 13.7 Å². The topological polar surface area (TPSA) is 64.9 Å². The Balaban J connectivity index is 2.40. The van der Waals surface area contributed by atoms with Crippen LogP contribution in [0.25, 0.3) is 0 Å². The molecule has 1 aromatic rings. The third-order valence-corrected chi connectivity index (χ3v) is 2.06. The van der Waals surface area contributed by atoms with E-state index in [2.05, 4.69) is 25.5 Å². The zero-order chi connectivity index (χ0) is 13.6. The highest BCUT2D eigenvalue weighted by molar-refractivity contribution is 4.84. The summed E-state index contributed by atoms with van der Waals surface area (Å²) in [7, 11) is 1.62. The second-order valence-electron chi connectivity index (χ2n) is 3.78. The monoisotopic (exact) mass is 267 g/mol. The molecule has 18 heavy (non-hydrogen) atoms. The summed E-state index contributed by atoms with van der Waals surface area (Å²) in [5.41, 5.74) is 0. The van der Waals surface area contributed by atoms with E-state index >= 15 is 0 Å². The minimum absolute atomic E-state index is 0.0500. The summed E-state index contributed by atoms with van der Waals surface area (Å²) in [4.78, 5) is 1.30. The Morgan fingerprint density at radius 3 is 2.67 bits per heavy atom. The van der Waals surface area contributed by atoms with Crippen LogP contribution in [0.3, 0.4) is 0 Å². The van der Waals surface area contributed by atoms with E-state index in [1.54, 1.807) is 7.05 Å². The maximum absolute atomic E-state index is 11.9. The third-order valence-electron chi connectivity index (χ3n) is 2.06. The summed E-state index contributed by atoms with van der Waals surface area (Å²) in [6, 6.07) is -0.262. The van der Waals surface area contributed by atoms with E-state index in [1.165, 1.54) is 4.80 Å². The molecule has 0 fully saturated rings. The minimum Gasteiger partial charge on any atom is -0.370 e. The molecule has 1 heterocycles. The van der Waals surface area contributed by atoms with Gasteiger partial charge in [0.1, 0.15) is 6.61 Å². The minimum atomic E-state index is -4.30. The number of aryl methyl sites for hydroxylation is 1. The molecule has 9 heteroatoms. The predicted octanol–water partition coefficient (Wildman–Crippen LogP) is 0.310. The number of alkyl halides is 3. The summed E-state index contributed by atoms with van der Waals surface area (Å²) < 4.78 is 40.4. The summed E-state index contributed by atoms with van der Waals surface area (Å²) in [5.74, 6) is 0.471. The smallest absolute Gasteiger partial charge is 0.370 e. The number of aromatic nitrogens is 4. The van der Waals surface area contributed by atoms with Gasteiger partial charge < -0.3 is 10.1 Å². The normalized spacial score (nSPS) is 13.8. The van der Waals surface area contributed by atoms with E-state index in [0.717, 1.165) is 0 Å². The van der Waals surface area contributed by atoms with Crippen LogP contribution in [-0.4, -0.2) is 52.2 Å². The summed E-state index contributed by atoms with van der Waals surface area (Å²) in [6.07, 6.45) is -3.93. The molecule has 0 bridgehead atoms. The lowest BCUT2D eigenvalue weighted by Crippen LogP contribution is -2.36. The second-order valence-corrected chi connectivity index (χ2v) is 3.78. The fraction of sp³-hybridized carbons (Fsp3) is 0.889. The number of likely N-dealkylation sites (N-methyl/N-ethyl adjacent to an activating group) is 1. The van der Waals surface area contributed by atoms with Gasteiger partial charge >= 0.3 is 6.18 Å². The predicted molar refractivity (Wildman–Crippen MR) is 56.8 cm³/mol. The van der Waals surface area contributed by atoms with Gasteiger partial charge in [-0.15, -0.1) is 10.2 Å². The molecule has 0 aliphatic carbocycles. The van der Waals surface area contributed by atoms with E-state index in [1.807, 2.05) is 6.92 Å². The molecule has 0 radical (unpaired) electrons. The Morgan fingerprint density at radius 1 is 1.44 bits per heavy atom. The Bertz CT molecular complexity index is 354. The molecule has 0 aliphatic rings. The molecule has 1 rings (SSSR count). The Labute approximate surface area is 102 Å². The summed E-state index contributed by atoms with van der Waals surface area (Å²) in [5, 5.41) is 14.4. The van der Waals surface area contributed by atoms with E-state index in [0.29, 0.717) is 18.8 Å². The molecule has 1 unspecified atom stereocenters. The molecule has 0 saturated carbocycles. The van der Waals surface area contributed by atoms with Crippen molar-refractivity contribution >= 4 is 0 Å². The molecular formula is C9H16F3N5O. The maximum atomic E-state index is 11.9. The Kier molecular flexibility index (Phi) is 5.48. The van der Waals surface area contributed by atoms with Crippen LogP contribution in [0, 0.1) is 0 Å². The van der Waals surface area contributed by atoms with Crippen LogP contribution in [0.1, 0.15) is 12.7 Å². The van der Waals surface area contributed by atoms with Crippen molar-refractivity contribution in [2.24, 2.45) is 7.05 Å². The third kappa shape index (κ3) is 5.92. The first-order chi connectivity index (χ1) is 8.40. The van der Waals surface area contributed by atoms with Gasteiger partial charge in [0.2, 0.25) is 0 Å². The van der Waals surface area contributed by atoms with Crippen molar-refractivity contribution in [3.8, 4) is 0 Å². The number of tetrazole rings is 1. The first kappa shape index (κ1) is 14.8. The van der Waals surface area contributed by atoms with Gasteiger partial charge in [-0.05, 0) is 11.8 Å². The van der Waals surface area contributed by atoms with Gasteiger partial charge in [0.25, 0.3) is 0 Å². The molecule has 6 nitrogen and oxygen atoms in total. The molecule has 0 spiro atoms. The van der Waals surface area contributed by atoms with Gasteiger partial charge in [0.15, 0.2) is 5.82 Å². The van der Waals surface area contributed by atoms with Crippen molar-refractivity contribution in [1.29, 1.82) is 0 Å². The van der Waals surface area contributed by atoms with Crippen LogP contribution < -0.4 is 5.32 Å². The van der Waals surface area contributed by atoms with Crippen molar-refractivity contribution < 1.29 is 17.9 Å². The lowest BCUT2D eigenvalue weighted by molar-refractivity contribution is -0.175. The molecule has 0 saturated heterocycles. The molecule has 0 aliphatic heterocycles. The van der Waals surface area contributed by atoms with Crippen LogP contribution in [0.5, 0.6) is 0 Å². The highest BCUT2D eigenvalue weighted by atomic mass is 19.4. The molecule has 1 atom stereocenters. The molecule has 1 N–H and O–H groups in total. The van der Waals surface area contributed by atoms with Crippen LogP contribution in [0.4, 0.5) is 13.2 Å². The highest BCUT2D eigenvalue weighted by Crippen LogP contribution is 2.14. The zero-order valence-corrected chi connectivity index (χ0v) is 10.2. The van der Waals surface area contributed by atoms with Crippen molar-refractivity contribution in [3.05, 3.63) is 5.82 Å². The van der Waals surface area contributed by atoms with Gasteiger partial charge in [-0.25, -0.2) is 0 Å². The molecule has 104 valence electrons. The maximum Gasteiger partial charge on any atom is 0.411 e. The van der Waals surface area contributed by atoms with E-state index < -0.39 is 12.8 Å². The zero-order valence-electron chi connectivity index (χ0n) is 10.2. The fourth-order valence-electron chi connectivity index (χ4n) is 1.42. The van der Waals surface area contributed by atoms with Crippen LogP contribution in [0.2, 0.25) is 0 Å². The molecule has 1 aromatic heterocycles. The van der Waals surface area contributed by atoms with E-state index in [4.69, 9.17) is 0 Å². The van der Waals surface area contributed by atoms with Gasteiger partial charge in [-0.1, -0.05) is 6.92 Å².